The number of sulfonamides is 1. The highest BCUT2D eigenvalue weighted by molar-refractivity contribution is 7.98. The van der Waals surface area contributed by atoms with Crippen LogP contribution in [0.1, 0.15) is 22.8 Å². The van der Waals surface area contributed by atoms with Crippen LogP contribution < -0.4 is 5.32 Å². The van der Waals surface area contributed by atoms with Gasteiger partial charge in [-0.1, -0.05) is 24.3 Å². The van der Waals surface area contributed by atoms with E-state index in [1.807, 2.05) is 54.8 Å². The molecule has 0 atom stereocenters. The highest BCUT2D eigenvalue weighted by Gasteiger charge is 2.25. The molecule has 2 aromatic carbocycles. The van der Waals surface area contributed by atoms with Crippen molar-refractivity contribution >= 4 is 33.4 Å². The third kappa shape index (κ3) is 5.60. The minimum atomic E-state index is -3.10. The number of anilines is 1. The normalized spacial score (nSPS) is 15.9. The van der Waals surface area contributed by atoms with Crippen molar-refractivity contribution in [3.05, 3.63) is 59.7 Å². The average molecular weight is 434 g/mol. The maximum absolute atomic E-state index is 12.5. The molecule has 8 heteroatoms. The number of piperazine rings is 1. The van der Waals surface area contributed by atoms with Gasteiger partial charge in [0.05, 0.1) is 11.4 Å². The molecule has 2 aromatic rings. The Labute approximate surface area is 177 Å². The summed E-state index contributed by atoms with van der Waals surface area (Å²) in [4.78, 5) is 15.8. The van der Waals surface area contributed by atoms with Gasteiger partial charge in [-0.05, 0) is 43.0 Å². The van der Waals surface area contributed by atoms with Crippen LogP contribution in [0.2, 0.25) is 0 Å². The third-order valence-electron chi connectivity index (χ3n) is 5.07. The Balaban J connectivity index is 1.56. The minimum absolute atomic E-state index is 0.128. The number of thioether (sulfide) groups is 1. The van der Waals surface area contributed by atoms with Crippen LogP contribution in [-0.2, 0) is 16.6 Å². The van der Waals surface area contributed by atoms with Crippen molar-refractivity contribution in [3.63, 3.8) is 0 Å². The molecule has 6 nitrogen and oxygen atoms in total. The molecule has 156 valence electrons. The Morgan fingerprint density at radius 1 is 1.03 bits per heavy atom. The molecule has 3 rings (SSSR count). The van der Waals surface area contributed by atoms with Gasteiger partial charge in [0.1, 0.15) is 0 Å². The predicted molar refractivity (Wildman–Crippen MR) is 119 cm³/mol. The molecule has 0 radical (unpaired) electrons. The maximum atomic E-state index is 12.5. The van der Waals surface area contributed by atoms with E-state index in [0.717, 1.165) is 22.7 Å². The van der Waals surface area contributed by atoms with Crippen molar-refractivity contribution in [1.82, 2.24) is 9.21 Å². The minimum Gasteiger partial charge on any atom is -0.321 e. The predicted octanol–water partition coefficient (Wildman–Crippen LogP) is 3.13. The fourth-order valence-corrected chi connectivity index (χ4v) is 4.95. The molecule has 1 aliphatic rings. The third-order valence-corrected chi connectivity index (χ3v) is 7.74. The number of para-hydroxylation sites is 1. The number of nitrogens with zero attached hydrogens (tertiary/aromatic N) is 2. The lowest BCUT2D eigenvalue weighted by molar-refractivity contribution is 0.102. The van der Waals surface area contributed by atoms with Gasteiger partial charge >= 0.3 is 0 Å². The summed E-state index contributed by atoms with van der Waals surface area (Å²) < 4.78 is 25.5. The first-order chi connectivity index (χ1) is 13.9. The van der Waals surface area contributed by atoms with Gasteiger partial charge in [-0.15, -0.1) is 11.8 Å². The van der Waals surface area contributed by atoms with Crippen molar-refractivity contribution in [2.45, 2.75) is 18.4 Å². The Kier molecular flexibility index (Phi) is 7.34. The number of rotatable bonds is 7. The van der Waals surface area contributed by atoms with Gasteiger partial charge in [-0.25, -0.2) is 8.42 Å². The summed E-state index contributed by atoms with van der Waals surface area (Å²) >= 11 is 1.60. The first-order valence-electron chi connectivity index (χ1n) is 9.66. The lowest BCUT2D eigenvalue weighted by Gasteiger charge is -2.33. The van der Waals surface area contributed by atoms with E-state index >= 15 is 0 Å². The lowest BCUT2D eigenvalue weighted by atomic mass is 10.1. The van der Waals surface area contributed by atoms with E-state index in [1.54, 1.807) is 23.0 Å². The van der Waals surface area contributed by atoms with Gasteiger partial charge in [0.15, 0.2) is 0 Å². The summed E-state index contributed by atoms with van der Waals surface area (Å²) in [5, 5.41) is 2.97. The van der Waals surface area contributed by atoms with Crippen LogP contribution in [0.3, 0.4) is 0 Å². The van der Waals surface area contributed by atoms with Gasteiger partial charge in [-0.3, -0.25) is 9.69 Å². The first kappa shape index (κ1) is 21.8. The SMILES string of the molecule is CCS(=O)(=O)N1CCN(Cc2ccc(C(=O)Nc3ccccc3SC)cc2)CC1. The number of hydrogen-bond donors (Lipinski definition) is 1. The fourth-order valence-electron chi connectivity index (χ4n) is 3.31. The maximum Gasteiger partial charge on any atom is 0.255 e. The summed E-state index contributed by atoms with van der Waals surface area (Å²) in [6, 6.07) is 15.3. The van der Waals surface area contributed by atoms with Gasteiger partial charge in [0, 0.05) is 43.2 Å². The zero-order valence-corrected chi connectivity index (χ0v) is 18.4. The number of carbonyl (C=O) groups excluding carboxylic acids is 1. The summed E-state index contributed by atoms with van der Waals surface area (Å²) in [7, 11) is -3.10. The second-order valence-corrected chi connectivity index (χ2v) is 10.0. The van der Waals surface area contributed by atoms with E-state index in [-0.39, 0.29) is 11.7 Å². The van der Waals surface area contributed by atoms with Gasteiger partial charge in [0.25, 0.3) is 5.91 Å². The largest absolute Gasteiger partial charge is 0.321 e. The van der Waals surface area contributed by atoms with Crippen LogP contribution in [-0.4, -0.2) is 61.7 Å². The smallest absolute Gasteiger partial charge is 0.255 e. The molecule has 0 unspecified atom stereocenters. The number of hydrogen-bond acceptors (Lipinski definition) is 5. The highest BCUT2D eigenvalue weighted by atomic mass is 32.2. The molecule has 29 heavy (non-hydrogen) atoms. The zero-order valence-electron chi connectivity index (χ0n) is 16.8. The first-order valence-corrected chi connectivity index (χ1v) is 12.5. The molecule has 1 saturated heterocycles. The van der Waals surface area contributed by atoms with Gasteiger partial charge in [-0.2, -0.15) is 4.31 Å². The number of benzene rings is 2. The fraction of sp³-hybridized carbons (Fsp3) is 0.381. The lowest BCUT2D eigenvalue weighted by Crippen LogP contribution is -2.48. The van der Waals surface area contributed by atoms with Crippen LogP contribution in [0.4, 0.5) is 5.69 Å². The van der Waals surface area contributed by atoms with E-state index in [9.17, 15) is 13.2 Å². The second-order valence-electron chi connectivity index (χ2n) is 6.93. The standard InChI is InChI=1S/C21H27N3O3S2/c1-3-29(26,27)24-14-12-23(13-15-24)16-17-8-10-18(11-9-17)21(25)22-19-6-4-5-7-20(19)28-2/h4-11H,3,12-16H2,1-2H3,(H,22,25). The van der Waals surface area contributed by atoms with E-state index in [2.05, 4.69) is 10.2 Å². The van der Waals surface area contributed by atoms with E-state index in [0.29, 0.717) is 31.7 Å². The van der Waals surface area contributed by atoms with E-state index < -0.39 is 10.0 Å². The monoisotopic (exact) mass is 433 g/mol. The molecule has 1 fully saturated rings. The molecule has 0 aliphatic carbocycles. The van der Waals surface area contributed by atoms with Crippen LogP contribution in [0.25, 0.3) is 0 Å². The molecule has 0 spiro atoms. The zero-order chi connectivity index (χ0) is 20.9. The van der Waals surface area contributed by atoms with Crippen LogP contribution in [0.5, 0.6) is 0 Å². The quantitative estimate of drug-likeness (QED) is 0.680. The second kappa shape index (κ2) is 9.75. The van der Waals surface area contributed by atoms with Crippen molar-refractivity contribution in [3.8, 4) is 0 Å². The molecule has 1 N–H and O–H groups in total. The molecule has 0 bridgehead atoms. The van der Waals surface area contributed by atoms with Crippen molar-refractivity contribution < 1.29 is 13.2 Å². The topological polar surface area (TPSA) is 69.7 Å². The number of nitrogens with one attached hydrogen (secondary N) is 1. The summed E-state index contributed by atoms with van der Waals surface area (Å²) in [5.41, 5.74) is 2.54. The summed E-state index contributed by atoms with van der Waals surface area (Å²) in [6.07, 6.45) is 1.98. The molecule has 0 saturated carbocycles. The molecular formula is C21H27N3O3S2. The molecule has 1 amide bonds. The van der Waals surface area contributed by atoms with Gasteiger partial charge < -0.3 is 5.32 Å². The van der Waals surface area contributed by atoms with Crippen molar-refractivity contribution in [2.75, 3.05) is 43.5 Å². The van der Waals surface area contributed by atoms with E-state index in [1.165, 1.54) is 0 Å². The van der Waals surface area contributed by atoms with Crippen molar-refractivity contribution in [2.24, 2.45) is 0 Å². The molecule has 1 aliphatic heterocycles. The Morgan fingerprint density at radius 3 is 2.31 bits per heavy atom. The van der Waals surface area contributed by atoms with Crippen LogP contribution >= 0.6 is 11.8 Å². The molecule has 0 aromatic heterocycles. The van der Waals surface area contributed by atoms with Gasteiger partial charge in [0.2, 0.25) is 10.0 Å². The average Bonchev–Trinajstić information content (AvgIpc) is 2.75. The Hall–Kier alpha value is -1.87. The van der Waals surface area contributed by atoms with Crippen molar-refractivity contribution in [1.29, 1.82) is 0 Å². The molecule has 1 heterocycles. The Morgan fingerprint density at radius 2 is 1.69 bits per heavy atom. The van der Waals surface area contributed by atoms with E-state index in [4.69, 9.17) is 0 Å². The number of amides is 1. The summed E-state index contributed by atoms with van der Waals surface area (Å²) in [5.74, 6) is 0.0224. The van der Waals surface area contributed by atoms with Crippen LogP contribution in [0.15, 0.2) is 53.4 Å². The highest BCUT2D eigenvalue weighted by Crippen LogP contribution is 2.25. The summed E-state index contributed by atoms with van der Waals surface area (Å²) in [6.45, 7) is 4.92. The number of carbonyl (C=O) groups is 1. The Bertz CT molecular complexity index is 938. The van der Waals surface area contributed by atoms with Crippen LogP contribution in [0, 0.1) is 0 Å². The molecular weight excluding hydrogens is 406 g/mol.